The molecule has 0 aromatic carbocycles. The molecule has 1 unspecified atom stereocenters. The lowest BCUT2D eigenvalue weighted by Crippen LogP contribution is -2.57. The molecule has 0 spiro atoms. The third-order valence-electron chi connectivity index (χ3n) is 6.62. The maximum atomic E-state index is 14.2. The average Bonchev–Trinajstić information content (AvgIpc) is 3.43. The lowest BCUT2D eigenvalue weighted by atomic mass is 10.00. The van der Waals surface area contributed by atoms with Crippen molar-refractivity contribution in [1.29, 1.82) is 0 Å². The molecular weight excluding hydrogens is 427 g/mol. The Labute approximate surface area is 181 Å². The van der Waals surface area contributed by atoms with E-state index in [1.165, 1.54) is 18.3 Å². The van der Waals surface area contributed by atoms with E-state index in [9.17, 15) is 22.8 Å². The Kier molecular flexibility index (Phi) is 4.59. The topological polar surface area (TPSA) is 80.6 Å². The number of hydrogen-bond acceptors (Lipinski definition) is 7. The molecule has 11 heteroatoms. The quantitative estimate of drug-likeness (QED) is 0.660. The Morgan fingerprint density at radius 3 is 2.72 bits per heavy atom. The Morgan fingerprint density at radius 2 is 2.12 bits per heavy atom. The van der Waals surface area contributed by atoms with Crippen LogP contribution in [-0.4, -0.2) is 63.9 Å². The molecule has 32 heavy (non-hydrogen) atoms. The number of Topliss-reactive ketones (excluding diaryl/α,β-unsaturated/α-hetero) is 1. The number of alkyl halides is 3. The summed E-state index contributed by atoms with van der Waals surface area (Å²) >= 11 is 0. The highest BCUT2D eigenvalue weighted by Crippen LogP contribution is 2.43. The highest BCUT2D eigenvalue weighted by atomic mass is 19.4. The van der Waals surface area contributed by atoms with E-state index in [0.717, 1.165) is 22.8 Å². The molecule has 3 atom stereocenters. The van der Waals surface area contributed by atoms with Gasteiger partial charge in [-0.05, 0) is 32.4 Å². The molecule has 2 aromatic heterocycles. The molecule has 2 fully saturated rings. The second kappa shape index (κ2) is 7.03. The average molecular weight is 449 g/mol. The lowest BCUT2D eigenvalue weighted by molar-refractivity contribution is -0.181. The van der Waals surface area contributed by atoms with E-state index < -0.39 is 36.1 Å². The van der Waals surface area contributed by atoms with Gasteiger partial charge in [-0.1, -0.05) is 0 Å². The van der Waals surface area contributed by atoms with Crippen molar-refractivity contribution in [2.24, 2.45) is 0 Å². The highest BCUT2D eigenvalue weighted by molar-refractivity contribution is 5.99. The summed E-state index contributed by atoms with van der Waals surface area (Å²) in [6.07, 6.45) is -2.52. The number of hydrogen-bond donors (Lipinski definition) is 0. The van der Waals surface area contributed by atoms with Gasteiger partial charge >= 0.3 is 6.18 Å². The number of ether oxygens (including phenoxy) is 1. The number of halogens is 3. The predicted octanol–water partition coefficient (Wildman–Crippen LogP) is 1.95. The molecule has 170 valence electrons. The molecule has 0 aliphatic carbocycles. The zero-order valence-electron chi connectivity index (χ0n) is 17.6. The van der Waals surface area contributed by atoms with Crippen LogP contribution < -0.4 is 15.4 Å². The molecule has 0 saturated carbocycles. The number of rotatable bonds is 4. The maximum absolute atomic E-state index is 14.2. The molecule has 0 amide bonds. The van der Waals surface area contributed by atoms with E-state index in [0.29, 0.717) is 24.7 Å². The van der Waals surface area contributed by atoms with Crippen molar-refractivity contribution in [2.75, 3.05) is 29.5 Å². The Balaban J connectivity index is 1.55. The van der Waals surface area contributed by atoms with Crippen LogP contribution in [0.5, 0.6) is 0 Å². The first-order valence-corrected chi connectivity index (χ1v) is 10.4. The van der Waals surface area contributed by atoms with Crippen LogP contribution in [0.1, 0.15) is 29.4 Å². The minimum atomic E-state index is -4.69. The summed E-state index contributed by atoms with van der Waals surface area (Å²) in [7, 11) is 0. The zero-order chi connectivity index (χ0) is 22.8. The minimum Gasteiger partial charge on any atom is -0.374 e. The van der Waals surface area contributed by atoms with Gasteiger partial charge in [0.05, 0.1) is 31.8 Å². The van der Waals surface area contributed by atoms with Crippen molar-refractivity contribution < 1.29 is 22.7 Å². The van der Waals surface area contributed by atoms with Gasteiger partial charge in [0.2, 0.25) is 5.95 Å². The lowest BCUT2D eigenvalue weighted by Gasteiger charge is -2.36. The molecule has 0 radical (unpaired) electrons. The van der Waals surface area contributed by atoms with E-state index in [2.05, 4.69) is 9.97 Å². The largest absolute Gasteiger partial charge is 0.413 e. The van der Waals surface area contributed by atoms with Crippen molar-refractivity contribution in [1.82, 2.24) is 14.5 Å². The number of carbonyl (C=O) groups is 1. The summed E-state index contributed by atoms with van der Waals surface area (Å²) in [5.41, 5.74) is -2.14. The molecule has 3 aliphatic rings. The fourth-order valence-electron chi connectivity index (χ4n) is 4.63. The fraction of sp³-hybridized carbons (Fsp3) is 0.524. The Morgan fingerprint density at radius 1 is 1.34 bits per heavy atom. The van der Waals surface area contributed by atoms with Gasteiger partial charge < -0.3 is 14.5 Å². The van der Waals surface area contributed by atoms with Crippen molar-refractivity contribution in [3.05, 3.63) is 46.0 Å². The fourth-order valence-corrected chi connectivity index (χ4v) is 4.63. The molecule has 5 rings (SSSR count). The summed E-state index contributed by atoms with van der Waals surface area (Å²) < 4.78 is 49.1. The van der Waals surface area contributed by atoms with Crippen molar-refractivity contribution >= 4 is 17.5 Å². The number of aryl methyl sites for hydroxylation is 1. The molecule has 5 heterocycles. The van der Waals surface area contributed by atoms with Crippen molar-refractivity contribution in [3.8, 4) is 0 Å². The number of morpholine rings is 1. The summed E-state index contributed by atoms with van der Waals surface area (Å²) in [6.45, 7) is 2.56. The normalized spacial score (nSPS) is 26.7. The number of ketones is 1. The number of pyridine rings is 1. The third-order valence-corrected chi connectivity index (χ3v) is 6.62. The van der Waals surface area contributed by atoms with Gasteiger partial charge in [-0.15, -0.1) is 0 Å². The van der Waals surface area contributed by atoms with E-state index >= 15 is 0 Å². The predicted molar refractivity (Wildman–Crippen MR) is 109 cm³/mol. The molecule has 2 bridgehead atoms. The molecule has 2 aromatic rings. The van der Waals surface area contributed by atoms with Crippen molar-refractivity contribution in [3.63, 3.8) is 0 Å². The molecule has 2 saturated heterocycles. The number of anilines is 2. The van der Waals surface area contributed by atoms with E-state index in [1.807, 2.05) is 4.90 Å². The first-order valence-electron chi connectivity index (χ1n) is 10.4. The maximum Gasteiger partial charge on any atom is 0.413 e. The number of carbonyl (C=O) groups excluding carboxylic acids is 1. The van der Waals surface area contributed by atoms with Crippen LogP contribution >= 0.6 is 0 Å². The van der Waals surface area contributed by atoms with Gasteiger partial charge in [0.15, 0.2) is 11.3 Å². The third kappa shape index (κ3) is 3.17. The number of aromatic nitrogens is 3. The van der Waals surface area contributed by atoms with Crippen LogP contribution in [0.2, 0.25) is 0 Å². The second-order valence-electron chi connectivity index (χ2n) is 8.81. The number of nitrogens with zero attached hydrogens (tertiary/aromatic N) is 5. The van der Waals surface area contributed by atoms with Gasteiger partial charge in [0.1, 0.15) is 5.82 Å². The van der Waals surface area contributed by atoms with E-state index in [4.69, 9.17) is 4.74 Å². The monoisotopic (exact) mass is 449 g/mol. The SMILES string of the molecule is Cc1ccc(C(=O)CN2c3nc(N4C[C@@H]5C[C@@H]4CO5)cc(=O)n3CC2(C)C(F)(F)F)cn1. The van der Waals surface area contributed by atoms with Gasteiger partial charge in [-0.25, -0.2) is 0 Å². The first-order chi connectivity index (χ1) is 15.1. The highest BCUT2D eigenvalue weighted by Gasteiger charge is 2.60. The van der Waals surface area contributed by atoms with Gasteiger partial charge in [0, 0.05) is 30.1 Å². The smallest absolute Gasteiger partial charge is 0.374 e. The van der Waals surface area contributed by atoms with E-state index in [1.54, 1.807) is 13.0 Å². The van der Waals surface area contributed by atoms with Gasteiger partial charge in [-0.3, -0.25) is 19.1 Å². The molecular formula is C21H22F3N5O3. The minimum absolute atomic E-state index is 0.0324. The molecule has 8 nitrogen and oxygen atoms in total. The summed E-state index contributed by atoms with van der Waals surface area (Å²) in [6, 6.07) is 4.47. The molecule has 0 N–H and O–H groups in total. The van der Waals surface area contributed by atoms with Crippen LogP contribution in [-0.2, 0) is 11.3 Å². The summed E-state index contributed by atoms with van der Waals surface area (Å²) in [5, 5.41) is 0. The van der Waals surface area contributed by atoms with Crippen LogP contribution in [0.25, 0.3) is 0 Å². The summed E-state index contributed by atoms with van der Waals surface area (Å²) in [4.78, 5) is 37.0. The zero-order valence-corrected chi connectivity index (χ0v) is 17.6. The molecule has 3 aliphatic heterocycles. The van der Waals surface area contributed by atoms with Crippen LogP contribution in [0.3, 0.4) is 0 Å². The first kappa shape index (κ1) is 20.9. The number of fused-ring (bicyclic) bond motifs is 3. The van der Waals surface area contributed by atoms with Gasteiger partial charge in [0.25, 0.3) is 5.56 Å². The summed E-state index contributed by atoms with van der Waals surface area (Å²) in [5.74, 6) is -0.364. The van der Waals surface area contributed by atoms with E-state index in [-0.39, 0.29) is 23.7 Å². The van der Waals surface area contributed by atoms with Crippen LogP contribution in [0.4, 0.5) is 24.9 Å². The standard InChI is InChI=1S/C21H22F3N5O3/c1-12-3-4-13(7-25-12)16(30)9-29-19-26-17(27-8-15-5-14(27)10-32-15)6-18(31)28(19)11-20(29,2)21(22,23)24/h3-4,6-7,14-15H,5,8-11H2,1-2H3/t14-,15+,20?/m1/s1. The van der Waals surface area contributed by atoms with Crippen LogP contribution in [0.15, 0.2) is 29.2 Å². The van der Waals surface area contributed by atoms with Gasteiger partial charge in [-0.2, -0.15) is 18.2 Å². The van der Waals surface area contributed by atoms with Crippen LogP contribution in [0, 0.1) is 6.92 Å². The second-order valence-corrected chi connectivity index (χ2v) is 8.81. The Hall–Kier alpha value is -2.95. The van der Waals surface area contributed by atoms with Crippen molar-refractivity contribution in [2.45, 2.75) is 50.7 Å². The Bertz CT molecular complexity index is 1130.